The van der Waals surface area contributed by atoms with Crippen molar-refractivity contribution in [1.82, 2.24) is 20.5 Å². The third-order valence-corrected chi connectivity index (χ3v) is 6.76. The summed E-state index contributed by atoms with van der Waals surface area (Å²) in [7, 11) is 0. The van der Waals surface area contributed by atoms with Crippen LogP contribution in [-0.4, -0.2) is 79.0 Å². The number of pyridine rings is 1. The fraction of sp³-hybridized carbons (Fsp3) is 0.552. The first kappa shape index (κ1) is 29.5. The number of rotatable bonds is 9. The normalized spacial score (nSPS) is 19.9. The molecule has 1 aromatic carbocycles. The predicted octanol–water partition coefficient (Wildman–Crippen LogP) is 4.24. The zero-order valence-electron chi connectivity index (χ0n) is 23.5. The van der Waals surface area contributed by atoms with Crippen molar-refractivity contribution >= 4 is 23.5 Å². The Morgan fingerprint density at radius 3 is 2.48 bits per heavy atom. The van der Waals surface area contributed by atoms with Crippen LogP contribution >= 0.6 is 0 Å². The minimum atomic E-state index is -0.596. The second kappa shape index (κ2) is 13.8. The lowest BCUT2D eigenvalue weighted by molar-refractivity contribution is 0.0322. The van der Waals surface area contributed by atoms with E-state index in [1.165, 1.54) is 6.07 Å². The third-order valence-electron chi connectivity index (χ3n) is 6.76. The first-order valence-corrected chi connectivity index (χ1v) is 13.9. The molecule has 10 nitrogen and oxygen atoms in total. The van der Waals surface area contributed by atoms with Gasteiger partial charge < -0.3 is 30.2 Å². The van der Waals surface area contributed by atoms with Crippen molar-refractivity contribution in [1.29, 1.82) is 0 Å². The summed E-state index contributed by atoms with van der Waals surface area (Å²) in [6.45, 7) is 10.1. The number of nitrogens with one attached hydrogen (secondary N) is 3. The minimum Gasteiger partial charge on any atom is -0.492 e. The predicted molar refractivity (Wildman–Crippen MR) is 150 cm³/mol. The van der Waals surface area contributed by atoms with Gasteiger partial charge in [-0.1, -0.05) is 6.07 Å². The molecule has 40 heavy (non-hydrogen) atoms. The van der Waals surface area contributed by atoms with Gasteiger partial charge in [-0.2, -0.15) is 0 Å². The molecule has 2 amide bonds. The molecular weight excluding hydrogens is 517 g/mol. The highest BCUT2D eigenvalue weighted by atomic mass is 19.1. The van der Waals surface area contributed by atoms with Gasteiger partial charge in [-0.15, -0.1) is 0 Å². The van der Waals surface area contributed by atoms with Gasteiger partial charge in [-0.05, 0) is 64.7 Å². The molecule has 218 valence electrons. The first-order valence-electron chi connectivity index (χ1n) is 13.9. The summed E-state index contributed by atoms with van der Waals surface area (Å²) in [5.74, 6) is -0.0649. The van der Waals surface area contributed by atoms with Crippen LogP contribution in [0, 0.1) is 5.82 Å². The molecular formula is C29H40FN5O5. The summed E-state index contributed by atoms with van der Waals surface area (Å²) >= 11 is 0. The Morgan fingerprint density at radius 2 is 1.77 bits per heavy atom. The largest absolute Gasteiger partial charge is 0.492 e. The second-order valence-electron chi connectivity index (χ2n) is 11.2. The van der Waals surface area contributed by atoms with Crippen LogP contribution in [0.2, 0.25) is 0 Å². The van der Waals surface area contributed by atoms with E-state index in [9.17, 15) is 14.0 Å². The van der Waals surface area contributed by atoms with Crippen molar-refractivity contribution in [3.8, 4) is 5.75 Å². The number of alkyl carbamates (subject to hydrolysis) is 1. The van der Waals surface area contributed by atoms with Crippen molar-refractivity contribution in [3.63, 3.8) is 0 Å². The van der Waals surface area contributed by atoms with E-state index < -0.39 is 23.4 Å². The Hall–Kier alpha value is -3.44. The van der Waals surface area contributed by atoms with Crippen LogP contribution in [0.1, 0.15) is 56.8 Å². The number of carbonyl (C=O) groups is 2. The van der Waals surface area contributed by atoms with Crippen molar-refractivity contribution in [2.45, 2.75) is 64.1 Å². The summed E-state index contributed by atoms with van der Waals surface area (Å²) < 4.78 is 30.8. The Bertz CT molecular complexity index is 1140. The Labute approximate surface area is 235 Å². The fourth-order valence-electron chi connectivity index (χ4n) is 4.75. The Kier molecular flexibility index (Phi) is 10.2. The molecule has 1 aliphatic carbocycles. The van der Waals surface area contributed by atoms with Gasteiger partial charge in [0.1, 0.15) is 29.6 Å². The number of halogens is 1. The molecule has 0 bridgehead atoms. The molecule has 1 saturated carbocycles. The number of aromatic nitrogens is 1. The van der Waals surface area contributed by atoms with E-state index in [4.69, 9.17) is 14.2 Å². The highest BCUT2D eigenvalue weighted by Crippen LogP contribution is 2.25. The smallest absolute Gasteiger partial charge is 0.407 e. The van der Waals surface area contributed by atoms with E-state index in [1.807, 2.05) is 45.0 Å². The Morgan fingerprint density at radius 1 is 1.07 bits per heavy atom. The molecule has 2 heterocycles. The zero-order valence-corrected chi connectivity index (χ0v) is 23.5. The molecule has 0 radical (unpaired) electrons. The standard InChI is InChI=1S/C29H40FN5O5/c1-29(2,3)40-28(37)34-22-9-7-21(8-10-22)33-27(36)25-17-20(30)19-31-26(25)32-23-5-4-6-24(18-23)39-16-13-35-11-14-38-15-12-35/h4-6,17-19,21-22H,7-16H2,1-3H3,(H,31,32)(H,33,36)(H,34,37). The number of amides is 2. The maximum absolute atomic E-state index is 14.1. The van der Waals surface area contributed by atoms with Crippen molar-refractivity contribution in [2.75, 3.05) is 44.8 Å². The SMILES string of the molecule is CC(C)(C)OC(=O)NC1CCC(NC(=O)c2cc(F)cnc2Nc2cccc(OCCN3CCOCC3)c2)CC1. The van der Waals surface area contributed by atoms with Crippen LogP contribution < -0.4 is 20.7 Å². The van der Waals surface area contributed by atoms with Gasteiger partial charge in [0.15, 0.2) is 0 Å². The van der Waals surface area contributed by atoms with Gasteiger partial charge in [0.25, 0.3) is 5.91 Å². The van der Waals surface area contributed by atoms with Gasteiger partial charge in [0, 0.05) is 43.5 Å². The average molecular weight is 558 g/mol. The molecule has 1 aliphatic heterocycles. The molecule has 1 saturated heterocycles. The van der Waals surface area contributed by atoms with Crippen LogP contribution in [0.15, 0.2) is 36.5 Å². The topological polar surface area (TPSA) is 114 Å². The number of carbonyl (C=O) groups excluding carboxylic acids is 2. The molecule has 0 spiro atoms. The van der Waals surface area contributed by atoms with E-state index in [-0.39, 0.29) is 23.5 Å². The number of nitrogens with zero attached hydrogens (tertiary/aromatic N) is 2. The van der Waals surface area contributed by atoms with Crippen molar-refractivity contribution in [3.05, 3.63) is 47.9 Å². The van der Waals surface area contributed by atoms with Crippen LogP contribution in [0.4, 0.5) is 20.7 Å². The number of morpholine rings is 1. The van der Waals surface area contributed by atoms with Crippen LogP contribution in [0.5, 0.6) is 5.75 Å². The molecule has 4 rings (SSSR count). The van der Waals surface area contributed by atoms with E-state index >= 15 is 0 Å². The molecule has 2 aliphatic rings. The van der Waals surface area contributed by atoms with Gasteiger partial charge in [0.2, 0.25) is 0 Å². The lowest BCUT2D eigenvalue weighted by Gasteiger charge is -2.30. The monoisotopic (exact) mass is 557 g/mol. The number of hydrogen-bond acceptors (Lipinski definition) is 8. The molecule has 2 fully saturated rings. The summed E-state index contributed by atoms with van der Waals surface area (Å²) in [4.78, 5) is 31.7. The fourth-order valence-corrected chi connectivity index (χ4v) is 4.75. The quantitative estimate of drug-likeness (QED) is 0.420. The lowest BCUT2D eigenvalue weighted by Crippen LogP contribution is -2.45. The molecule has 3 N–H and O–H groups in total. The summed E-state index contributed by atoms with van der Waals surface area (Å²) in [6.07, 6.45) is 3.41. The van der Waals surface area contributed by atoms with Crippen molar-refractivity contribution in [2.24, 2.45) is 0 Å². The van der Waals surface area contributed by atoms with Gasteiger partial charge >= 0.3 is 6.09 Å². The lowest BCUT2D eigenvalue weighted by atomic mass is 9.91. The zero-order chi connectivity index (χ0) is 28.5. The minimum absolute atomic E-state index is 0.0144. The van der Waals surface area contributed by atoms with E-state index in [2.05, 4.69) is 25.8 Å². The van der Waals surface area contributed by atoms with E-state index in [0.29, 0.717) is 43.7 Å². The maximum atomic E-state index is 14.1. The molecule has 2 aromatic rings. The van der Waals surface area contributed by atoms with Crippen LogP contribution in [0.3, 0.4) is 0 Å². The molecule has 0 atom stereocenters. The van der Waals surface area contributed by atoms with Gasteiger partial charge in [-0.25, -0.2) is 14.2 Å². The average Bonchev–Trinajstić information content (AvgIpc) is 2.90. The summed E-state index contributed by atoms with van der Waals surface area (Å²) in [5.41, 5.74) is 0.232. The van der Waals surface area contributed by atoms with Crippen LogP contribution in [-0.2, 0) is 9.47 Å². The third kappa shape index (κ3) is 9.34. The first-order chi connectivity index (χ1) is 19.1. The van der Waals surface area contributed by atoms with E-state index in [1.54, 1.807) is 0 Å². The Balaban J connectivity index is 1.30. The summed E-state index contributed by atoms with van der Waals surface area (Å²) in [6, 6.07) is 8.45. The summed E-state index contributed by atoms with van der Waals surface area (Å²) in [5, 5.41) is 9.04. The highest BCUT2D eigenvalue weighted by molar-refractivity contribution is 5.99. The van der Waals surface area contributed by atoms with E-state index in [0.717, 1.165) is 39.0 Å². The van der Waals surface area contributed by atoms with Gasteiger partial charge in [-0.3, -0.25) is 9.69 Å². The number of hydrogen-bond donors (Lipinski definition) is 3. The molecule has 11 heteroatoms. The molecule has 0 unspecified atom stereocenters. The molecule has 1 aromatic heterocycles. The number of ether oxygens (including phenoxy) is 3. The van der Waals surface area contributed by atoms with Crippen molar-refractivity contribution < 1.29 is 28.2 Å². The highest BCUT2D eigenvalue weighted by Gasteiger charge is 2.26. The van der Waals surface area contributed by atoms with Gasteiger partial charge in [0.05, 0.1) is 25.0 Å². The number of benzene rings is 1. The second-order valence-corrected chi connectivity index (χ2v) is 11.2. The maximum Gasteiger partial charge on any atom is 0.407 e. The van der Waals surface area contributed by atoms with Crippen LogP contribution in [0.25, 0.3) is 0 Å². The number of anilines is 2.